The van der Waals surface area contributed by atoms with E-state index < -0.39 is 0 Å². The van der Waals surface area contributed by atoms with E-state index in [2.05, 4.69) is 15.4 Å². The van der Waals surface area contributed by atoms with Gasteiger partial charge in [-0.05, 0) is 24.6 Å². The molecule has 96 valence electrons. The van der Waals surface area contributed by atoms with Crippen LogP contribution in [-0.2, 0) is 6.42 Å². The molecule has 0 atom stereocenters. The van der Waals surface area contributed by atoms with Gasteiger partial charge in [0, 0.05) is 6.42 Å². The van der Waals surface area contributed by atoms with Gasteiger partial charge in [0.25, 0.3) is 5.56 Å². The average molecular weight is 259 g/mol. The first-order valence-corrected chi connectivity index (χ1v) is 5.73. The molecule has 0 aliphatic heterocycles. The van der Waals surface area contributed by atoms with Gasteiger partial charge < -0.3 is 4.52 Å². The van der Waals surface area contributed by atoms with Crippen LogP contribution in [0.1, 0.15) is 17.0 Å². The van der Waals surface area contributed by atoms with E-state index in [1.165, 1.54) is 12.1 Å². The van der Waals surface area contributed by atoms with Crippen LogP contribution in [-0.4, -0.2) is 15.4 Å². The van der Waals surface area contributed by atoms with Gasteiger partial charge in [0.15, 0.2) is 5.58 Å². The molecule has 0 aliphatic rings. The fourth-order valence-electron chi connectivity index (χ4n) is 2.02. The molecule has 0 amide bonds. The third-order valence-electron chi connectivity index (χ3n) is 2.90. The predicted molar refractivity (Wildman–Crippen MR) is 66.4 cm³/mol. The summed E-state index contributed by atoms with van der Waals surface area (Å²) in [5.41, 5.74) is 1.80. The van der Waals surface area contributed by atoms with Gasteiger partial charge in [0.1, 0.15) is 16.9 Å². The van der Waals surface area contributed by atoms with E-state index in [0.29, 0.717) is 28.8 Å². The van der Waals surface area contributed by atoms with E-state index in [-0.39, 0.29) is 11.4 Å². The second-order valence-corrected chi connectivity index (χ2v) is 4.28. The molecule has 0 unspecified atom stereocenters. The second kappa shape index (κ2) is 4.31. The number of fused-ring (bicyclic) bond motifs is 1. The molecule has 3 aromatic rings. The lowest BCUT2D eigenvalue weighted by Crippen LogP contribution is -2.11. The zero-order valence-corrected chi connectivity index (χ0v) is 10.1. The SMILES string of the molecule is Cc1noc2c(Cc3cccc(F)c3)n[nH]c(=O)c12. The lowest BCUT2D eigenvalue weighted by atomic mass is 10.1. The Balaban J connectivity index is 2.11. The number of halogens is 1. The van der Waals surface area contributed by atoms with Crippen molar-refractivity contribution < 1.29 is 8.91 Å². The normalized spacial score (nSPS) is 11.1. The highest BCUT2D eigenvalue weighted by Gasteiger charge is 2.14. The van der Waals surface area contributed by atoms with Crippen molar-refractivity contribution in [3.05, 3.63) is 57.4 Å². The van der Waals surface area contributed by atoms with Crippen LogP contribution < -0.4 is 5.56 Å². The summed E-state index contributed by atoms with van der Waals surface area (Å²) in [6, 6.07) is 6.20. The molecule has 2 aromatic heterocycles. The number of H-pyrrole nitrogens is 1. The molecule has 0 aliphatic carbocycles. The van der Waals surface area contributed by atoms with Gasteiger partial charge in [0.05, 0.1) is 5.69 Å². The first kappa shape index (κ1) is 11.6. The number of benzene rings is 1. The van der Waals surface area contributed by atoms with E-state index >= 15 is 0 Å². The molecule has 0 radical (unpaired) electrons. The van der Waals surface area contributed by atoms with Crippen LogP contribution in [0.2, 0.25) is 0 Å². The predicted octanol–water partition coefficient (Wildman–Crippen LogP) is 1.95. The monoisotopic (exact) mass is 259 g/mol. The maximum Gasteiger partial charge on any atom is 0.277 e. The van der Waals surface area contributed by atoms with E-state index in [4.69, 9.17) is 4.52 Å². The third kappa shape index (κ3) is 2.01. The number of aryl methyl sites for hydroxylation is 1. The van der Waals surface area contributed by atoms with E-state index in [9.17, 15) is 9.18 Å². The number of nitrogens with one attached hydrogen (secondary N) is 1. The van der Waals surface area contributed by atoms with Crippen molar-refractivity contribution in [1.82, 2.24) is 15.4 Å². The fraction of sp³-hybridized carbons (Fsp3) is 0.154. The van der Waals surface area contributed by atoms with Crippen molar-refractivity contribution in [2.24, 2.45) is 0 Å². The van der Waals surface area contributed by atoms with Crippen LogP contribution in [0.5, 0.6) is 0 Å². The number of hydrogen-bond acceptors (Lipinski definition) is 4. The van der Waals surface area contributed by atoms with Crippen molar-refractivity contribution in [3.63, 3.8) is 0 Å². The van der Waals surface area contributed by atoms with Crippen molar-refractivity contribution in [2.45, 2.75) is 13.3 Å². The van der Waals surface area contributed by atoms with Crippen molar-refractivity contribution >= 4 is 11.0 Å². The highest BCUT2D eigenvalue weighted by molar-refractivity contribution is 5.79. The number of aromatic amines is 1. The molecular weight excluding hydrogens is 249 g/mol. The highest BCUT2D eigenvalue weighted by Crippen LogP contribution is 2.18. The summed E-state index contributed by atoms with van der Waals surface area (Å²) in [6.45, 7) is 1.69. The quantitative estimate of drug-likeness (QED) is 0.763. The molecular formula is C13H10FN3O2. The standard InChI is InChI=1S/C13H10FN3O2/c1-7-11-12(19-17-7)10(15-16-13(11)18)6-8-3-2-4-9(14)5-8/h2-5H,6H2,1H3,(H,16,18). The maximum absolute atomic E-state index is 13.1. The Morgan fingerprint density at radius 2 is 2.26 bits per heavy atom. The molecule has 0 spiro atoms. The molecule has 5 nitrogen and oxygen atoms in total. The van der Waals surface area contributed by atoms with Gasteiger partial charge in [-0.25, -0.2) is 9.49 Å². The van der Waals surface area contributed by atoms with Crippen molar-refractivity contribution in [1.29, 1.82) is 0 Å². The molecule has 6 heteroatoms. The Labute approximate surface area is 107 Å². The number of rotatable bonds is 2. The Morgan fingerprint density at radius 1 is 1.42 bits per heavy atom. The van der Waals surface area contributed by atoms with Gasteiger partial charge in [-0.2, -0.15) is 5.10 Å². The Kier molecular flexibility index (Phi) is 2.63. The molecule has 19 heavy (non-hydrogen) atoms. The van der Waals surface area contributed by atoms with E-state index in [1.807, 2.05) is 0 Å². The summed E-state index contributed by atoms with van der Waals surface area (Å²) in [4.78, 5) is 11.6. The van der Waals surface area contributed by atoms with Gasteiger partial charge in [-0.15, -0.1) is 0 Å². The summed E-state index contributed by atoms with van der Waals surface area (Å²) in [6.07, 6.45) is 0.361. The minimum absolute atomic E-state index is 0.313. The van der Waals surface area contributed by atoms with Gasteiger partial charge in [-0.1, -0.05) is 17.3 Å². The average Bonchev–Trinajstić information content (AvgIpc) is 2.76. The first-order chi connectivity index (χ1) is 9.15. The van der Waals surface area contributed by atoms with Gasteiger partial charge in [0.2, 0.25) is 0 Å². The fourth-order valence-corrected chi connectivity index (χ4v) is 2.02. The summed E-state index contributed by atoms with van der Waals surface area (Å²) < 4.78 is 18.3. The zero-order valence-electron chi connectivity index (χ0n) is 10.1. The topological polar surface area (TPSA) is 71.8 Å². The smallest absolute Gasteiger partial charge is 0.277 e. The molecule has 0 saturated carbocycles. The van der Waals surface area contributed by atoms with Crippen LogP contribution in [0.15, 0.2) is 33.6 Å². The van der Waals surface area contributed by atoms with Crippen LogP contribution in [0.3, 0.4) is 0 Å². The van der Waals surface area contributed by atoms with Crippen molar-refractivity contribution in [3.8, 4) is 0 Å². The van der Waals surface area contributed by atoms with Crippen molar-refractivity contribution in [2.75, 3.05) is 0 Å². The molecule has 1 N–H and O–H groups in total. The largest absolute Gasteiger partial charge is 0.354 e. The summed E-state index contributed by atoms with van der Waals surface area (Å²) >= 11 is 0. The minimum Gasteiger partial charge on any atom is -0.354 e. The Morgan fingerprint density at radius 3 is 3.05 bits per heavy atom. The Bertz CT molecular complexity index is 807. The number of nitrogens with zero attached hydrogens (tertiary/aromatic N) is 2. The molecule has 0 bridgehead atoms. The molecule has 1 aromatic carbocycles. The number of aromatic nitrogens is 3. The highest BCUT2D eigenvalue weighted by atomic mass is 19.1. The van der Waals surface area contributed by atoms with Crippen LogP contribution in [0, 0.1) is 12.7 Å². The van der Waals surface area contributed by atoms with E-state index in [1.54, 1.807) is 19.1 Å². The molecule has 0 fully saturated rings. The van der Waals surface area contributed by atoms with Gasteiger partial charge >= 0.3 is 0 Å². The minimum atomic E-state index is -0.336. The first-order valence-electron chi connectivity index (χ1n) is 5.73. The lowest BCUT2D eigenvalue weighted by Gasteiger charge is -2.01. The third-order valence-corrected chi connectivity index (χ3v) is 2.90. The zero-order chi connectivity index (χ0) is 13.4. The van der Waals surface area contributed by atoms with E-state index in [0.717, 1.165) is 5.56 Å². The summed E-state index contributed by atoms with van der Waals surface area (Å²) in [7, 11) is 0. The molecule has 3 rings (SSSR count). The van der Waals surface area contributed by atoms with Gasteiger partial charge in [-0.3, -0.25) is 4.79 Å². The lowest BCUT2D eigenvalue weighted by molar-refractivity contribution is 0.446. The number of hydrogen-bond donors (Lipinski definition) is 1. The second-order valence-electron chi connectivity index (χ2n) is 4.28. The molecule has 0 saturated heterocycles. The summed E-state index contributed by atoms with van der Waals surface area (Å²) in [5, 5.41) is 10.5. The molecule has 2 heterocycles. The van der Waals surface area contributed by atoms with Crippen LogP contribution in [0.4, 0.5) is 4.39 Å². The maximum atomic E-state index is 13.1. The van der Waals surface area contributed by atoms with Crippen LogP contribution in [0.25, 0.3) is 11.0 Å². The Hall–Kier alpha value is -2.50. The summed E-state index contributed by atoms with van der Waals surface area (Å²) in [5.74, 6) is -0.313. The van der Waals surface area contributed by atoms with Crippen LogP contribution >= 0.6 is 0 Å².